The summed E-state index contributed by atoms with van der Waals surface area (Å²) in [5, 5.41) is 6.51. The summed E-state index contributed by atoms with van der Waals surface area (Å²) in [6.07, 6.45) is 0. The zero-order valence-electron chi connectivity index (χ0n) is 7.69. The minimum Gasteiger partial charge on any atom is -0.314 e. The van der Waals surface area contributed by atoms with E-state index in [1.54, 1.807) is 0 Å². The standard InChI is InChI=1S/C10H12BrFN2/c11-7-1-2-8(9(12)5-7)10-6-13-3-4-14-10/h1-2,5,10,13-14H,3-4,6H2/t10-/m1/s1. The quantitative estimate of drug-likeness (QED) is 0.803. The maximum atomic E-state index is 13.5. The monoisotopic (exact) mass is 258 g/mol. The average molecular weight is 259 g/mol. The van der Waals surface area contributed by atoms with Crippen LogP contribution in [-0.2, 0) is 0 Å². The SMILES string of the molecule is Fc1cc(Br)ccc1[C@H]1CNCCN1. The molecule has 14 heavy (non-hydrogen) atoms. The van der Waals surface area contributed by atoms with Crippen LogP contribution in [0.2, 0.25) is 0 Å². The fourth-order valence-corrected chi connectivity index (χ4v) is 1.99. The van der Waals surface area contributed by atoms with Gasteiger partial charge in [-0.1, -0.05) is 22.0 Å². The van der Waals surface area contributed by atoms with Crippen LogP contribution in [0.4, 0.5) is 4.39 Å². The molecule has 0 spiro atoms. The van der Waals surface area contributed by atoms with Crippen LogP contribution in [0.5, 0.6) is 0 Å². The van der Waals surface area contributed by atoms with E-state index in [0.717, 1.165) is 29.7 Å². The van der Waals surface area contributed by atoms with E-state index >= 15 is 0 Å². The second-order valence-electron chi connectivity index (χ2n) is 3.38. The Balaban J connectivity index is 2.22. The zero-order valence-corrected chi connectivity index (χ0v) is 9.27. The summed E-state index contributed by atoms with van der Waals surface area (Å²) >= 11 is 3.24. The Morgan fingerprint density at radius 2 is 2.21 bits per heavy atom. The smallest absolute Gasteiger partial charge is 0.129 e. The number of hydrogen-bond donors (Lipinski definition) is 2. The Hall–Kier alpha value is -0.450. The Bertz CT molecular complexity index is 324. The summed E-state index contributed by atoms with van der Waals surface area (Å²) in [4.78, 5) is 0. The molecule has 1 aromatic carbocycles. The van der Waals surface area contributed by atoms with Gasteiger partial charge in [-0.05, 0) is 12.1 Å². The molecule has 2 nitrogen and oxygen atoms in total. The van der Waals surface area contributed by atoms with E-state index < -0.39 is 0 Å². The maximum absolute atomic E-state index is 13.5. The first-order valence-electron chi connectivity index (χ1n) is 4.66. The van der Waals surface area contributed by atoms with Crippen molar-refractivity contribution in [3.8, 4) is 0 Å². The highest BCUT2D eigenvalue weighted by Crippen LogP contribution is 2.21. The molecular formula is C10H12BrFN2. The van der Waals surface area contributed by atoms with Crippen molar-refractivity contribution in [2.75, 3.05) is 19.6 Å². The van der Waals surface area contributed by atoms with E-state index in [1.165, 1.54) is 6.07 Å². The van der Waals surface area contributed by atoms with Gasteiger partial charge in [0.15, 0.2) is 0 Å². The van der Waals surface area contributed by atoms with Gasteiger partial charge < -0.3 is 10.6 Å². The van der Waals surface area contributed by atoms with Crippen LogP contribution in [0.3, 0.4) is 0 Å². The van der Waals surface area contributed by atoms with Gasteiger partial charge in [-0.15, -0.1) is 0 Å². The number of halogens is 2. The molecule has 0 aromatic heterocycles. The number of hydrogen-bond acceptors (Lipinski definition) is 2. The molecule has 4 heteroatoms. The second-order valence-corrected chi connectivity index (χ2v) is 4.29. The molecule has 0 saturated carbocycles. The van der Waals surface area contributed by atoms with Crippen molar-refractivity contribution in [3.63, 3.8) is 0 Å². The van der Waals surface area contributed by atoms with Gasteiger partial charge in [-0.2, -0.15) is 0 Å². The molecule has 1 atom stereocenters. The van der Waals surface area contributed by atoms with Crippen LogP contribution in [0.15, 0.2) is 22.7 Å². The molecule has 2 rings (SSSR count). The van der Waals surface area contributed by atoms with E-state index in [0.29, 0.717) is 0 Å². The molecule has 0 amide bonds. The van der Waals surface area contributed by atoms with Crippen molar-refractivity contribution in [1.82, 2.24) is 10.6 Å². The predicted molar refractivity (Wildman–Crippen MR) is 57.7 cm³/mol. The number of rotatable bonds is 1. The van der Waals surface area contributed by atoms with Crippen LogP contribution < -0.4 is 10.6 Å². The van der Waals surface area contributed by atoms with Crippen LogP contribution in [0, 0.1) is 5.82 Å². The highest BCUT2D eigenvalue weighted by atomic mass is 79.9. The molecule has 1 saturated heterocycles. The first kappa shape index (κ1) is 10.1. The highest BCUT2D eigenvalue weighted by Gasteiger charge is 2.17. The molecular weight excluding hydrogens is 247 g/mol. The fraction of sp³-hybridized carbons (Fsp3) is 0.400. The van der Waals surface area contributed by atoms with E-state index in [-0.39, 0.29) is 11.9 Å². The molecule has 1 aliphatic rings. The van der Waals surface area contributed by atoms with Crippen LogP contribution in [0.1, 0.15) is 11.6 Å². The molecule has 1 aromatic rings. The van der Waals surface area contributed by atoms with Crippen molar-refractivity contribution >= 4 is 15.9 Å². The number of nitrogens with one attached hydrogen (secondary N) is 2. The summed E-state index contributed by atoms with van der Waals surface area (Å²) in [5.74, 6) is -0.152. The Kier molecular flexibility index (Phi) is 3.15. The zero-order chi connectivity index (χ0) is 9.97. The summed E-state index contributed by atoms with van der Waals surface area (Å²) in [5.41, 5.74) is 0.736. The van der Waals surface area contributed by atoms with Crippen molar-refractivity contribution in [2.45, 2.75) is 6.04 Å². The minimum atomic E-state index is -0.152. The lowest BCUT2D eigenvalue weighted by molar-refractivity contribution is 0.416. The number of piperazine rings is 1. The predicted octanol–water partition coefficient (Wildman–Crippen LogP) is 1.82. The van der Waals surface area contributed by atoms with Crippen molar-refractivity contribution < 1.29 is 4.39 Å². The molecule has 2 N–H and O–H groups in total. The fourth-order valence-electron chi connectivity index (χ4n) is 1.66. The van der Waals surface area contributed by atoms with Crippen LogP contribution in [0.25, 0.3) is 0 Å². The van der Waals surface area contributed by atoms with Gasteiger partial charge in [-0.25, -0.2) is 4.39 Å². The van der Waals surface area contributed by atoms with Gasteiger partial charge >= 0.3 is 0 Å². The van der Waals surface area contributed by atoms with E-state index in [1.807, 2.05) is 12.1 Å². The molecule has 0 radical (unpaired) electrons. The topological polar surface area (TPSA) is 24.1 Å². The number of benzene rings is 1. The molecule has 76 valence electrons. The van der Waals surface area contributed by atoms with Crippen molar-refractivity contribution in [2.24, 2.45) is 0 Å². The third-order valence-corrected chi connectivity index (χ3v) is 2.87. The highest BCUT2D eigenvalue weighted by molar-refractivity contribution is 9.10. The van der Waals surface area contributed by atoms with E-state index in [9.17, 15) is 4.39 Å². The average Bonchev–Trinajstić information content (AvgIpc) is 2.19. The lowest BCUT2D eigenvalue weighted by Gasteiger charge is -2.25. The first-order valence-corrected chi connectivity index (χ1v) is 5.46. The molecule has 0 aliphatic carbocycles. The van der Waals surface area contributed by atoms with E-state index in [4.69, 9.17) is 0 Å². The largest absolute Gasteiger partial charge is 0.314 e. The van der Waals surface area contributed by atoms with Gasteiger partial charge in [-0.3, -0.25) is 0 Å². The maximum Gasteiger partial charge on any atom is 0.129 e. The van der Waals surface area contributed by atoms with Gasteiger partial charge in [0.2, 0.25) is 0 Å². The molecule has 1 aliphatic heterocycles. The molecule has 1 heterocycles. The first-order chi connectivity index (χ1) is 6.77. The molecule has 1 fully saturated rings. The Labute approximate surface area is 91.0 Å². The molecule has 0 unspecified atom stereocenters. The van der Waals surface area contributed by atoms with Gasteiger partial charge in [0.05, 0.1) is 0 Å². The molecule has 0 bridgehead atoms. The lowest BCUT2D eigenvalue weighted by atomic mass is 10.1. The van der Waals surface area contributed by atoms with Crippen LogP contribution >= 0.6 is 15.9 Å². The minimum absolute atomic E-state index is 0.0943. The Morgan fingerprint density at radius 3 is 2.86 bits per heavy atom. The van der Waals surface area contributed by atoms with Crippen molar-refractivity contribution in [3.05, 3.63) is 34.1 Å². The van der Waals surface area contributed by atoms with E-state index in [2.05, 4.69) is 26.6 Å². The van der Waals surface area contributed by atoms with Gasteiger partial charge in [0.1, 0.15) is 5.82 Å². The summed E-state index contributed by atoms with van der Waals surface area (Å²) in [6, 6.07) is 5.29. The Morgan fingerprint density at radius 1 is 1.36 bits per heavy atom. The third kappa shape index (κ3) is 2.13. The normalized spacial score (nSPS) is 22.3. The summed E-state index contributed by atoms with van der Waals surface area (Å²) in [6.45, 7) is 2.63. The summed E-state index contributed by atoms with van der Waals surface area (Å²) in [7, 11) is 0. The van der Waals surface area contributed by atoms with Gasteiger partial charge in [0, 0.05) is 35.7 Å². The van der Waals surface area contributed by atoms with Crippen LogP contribution in [-0.4, -0.2) is 19.6 Å². The van der Waals surface area contributed by atoms with Crippen molar-refractivity contribution in [1.29, 1.82) is 0 Å². The van der Waals surface area contributed by atoms with Gasteiger partial charge in [0.25, 0.3) is 0 Å². The second kappa shape index (κ2) is 4.38. The third-order valence-electron chi connectivity index (χ3n) is 2.38. The lowest BCUT2D eigenvalue weighted by Crippen LogP contribution is -2.42. The summed E-state index contributed by atoms with van der Waals surface area (Å²) < 4.78 is 14.3.